The van der Waals surface area contributed by atoms with Gasteiger partial charge in [0.05, 0.1) is 22.3 Å². The molecule has 0 atom stereocenters. The maximum absolute atomic E-state index is 6.79. The van der Waals surface area contributed by atoms with E-state index in [1.807, 2.05) is 6.07 Å². The molecular weight excluding hydrogens is 512 g/mol. The highest BCUT2D eigenvalue weighted by molar-refractivity contribution is 6.12. The molecule has 3 heteroatoms. The van der Waals surface area contributed by atoms with Crippen molar-refractivity contribution in [1.82, 2.24) is 9.55 Å². The first-order valence-electron chi connectivity index (χ1n) is 15.0. The molecule has 0 aliphatic rings. The number of para-hydroxylation sites is 2. The molecule has 2 aromatic heterocycles. The molecule has 0 aliphatic carbocycles. The SMILES string of the molecule is Cc1cc(C(C)C)c(-n2c(-c3ccc(C)c4c3oc3cc(-c5ccccc5)ccc34)nc3ccccc32)c(C(C)C)c1. The van der Waals surface area contributed by atoms with Gasteiger partial charge in [0.2, 0.25) is 0 Å². The van der Waals surface area contributed by atoms with Crippen molar-refractivity contribution in [3.63, 3.8) is 0 Å². The number of imidazole rings is 1. The number of hydrogen-bond donors (Lipinski definition) is 0. The quantitative estimate of drug-likeness (QED) is 0.214. The Hall–Kier alpha value is -4.63. The van der Waals surface area contributed by atoms with Crippen LogP contribution in [0, 0.1) is 13.8 Å². The van der Waals surface area contributed by atoms with Gasteiger partial charge in [0.1, 0.15) is 17.0 Å². The van der Waals surface area contributed by atoms with Crippen LogP contribution >= 0.6 is 0 Å². The molecule has 0 saturated heterocycles. The summed E-state index contributed by atoms with van der Waals surface area (Å²) in [4.78, 5) is 5.30. The zero-order chi connectivity index (χ0) is 29.1. The summed E-state index contributed by atoms with van der Waals surface area (Å²) in [5.41, 5.74) is 13.6. The number of rotatable bonds is 5. The van der Waals surface area contributed by atoms with Crippen LogP contribution in [-0.2, 0) is 0 Å². The highest BCUT2D eigenvalue weighted by atomic mass is 16.3. The van der Waals surface area contributed by atoms with E-state index < -0.39 is 0 Å². The van der Waals surface area contributed by atoms with Crippen LogP contribution in [-0.4, -0.2) is 9.55 Å². The van der Waals surface area contributed by atoms with Gasteiger partial charge in [-0.2, -0.15) is 0 Å². The predicted molar refractivity (Wildman–Crippen MR) is 177 cm³/mol. The van der Waals surface area contributed by atoms with E-state index in [0.29, 0.717) is 11.8 Å². The first-order chi connectivity index (χ1) is 20.3. The largest absolute Gasteiger partial charge is 0.455 e. The number of furan rings is 1. The summed E-state index contributed by atoms with van der Waals surface area (Å²) in [6, 6.07) is 34.6. The molecule has 7 aromatic rings. The third kappa shape index (κ3) is 4.15. The van der Waals surface area contributed by atoms with Crippen LogP contribution in [0.5, 0.6) is 0 Å². The third-order valence-electron chi connectivity index (χ3n) is 8.52. The first kappa shape index (κ1) is 26.3. The first-order valence-corrected chi connectivity index (χ1v) is 15.0. The molecule has 2 heterocycles. The minimum atomic E-state index is 0.354. The second-order valence-corrected chi connectivity index (χ2v) is 12.2. The number of benzene rings is 5. The van der Waals surface area contributed by atoms with Crippen LogP contribution in [0.3, 0.4) is 0 Å². The van der Waals surface area contributed by atoms with Crippen molar-refractivity contribution >= 4 is 33.0 Å². The van der Waals surface area contributed by atoms with Crippen molar-refractivity contribution in [2.45, 2.75) is 53.4 Å². The molecule has 208 valence electrons. The molecule has 42 heavy (non-hydrogen) atoms. The monoisotopic (exact) mass is 548 g/mol. The predicted octanol–water partition coefficient (Wildman–Crippen LogP) is 11.1. The number of fused-ring (bicyclic) bond motifs is 4. The minimum absolute atomic E-state index is 0.354. The fourth-order valence-corrected chi connectivity index (χ4v) is 6.44. The lowest BCUT2D eigenvalue weighted by Gasteiger charge is -2.23. The summed E-state index contributed by atoms with van der Waals surface area (Å²) >= 11 is 0. The fourth-order valence-electron chi connectivity index (χ4n) is 6.44. The van der Waals surface area contributed by atoms with Crippen LogP contribution < -0.4 is 0 Å². The van der Waals surface area contributed by atoms with Crippen LogP contribution in [0.15, 0.2) is 101 Å². The van der Waals surface area contributed by atoms with E-state index in [4.69, 9.17) is 9.40 Å². The summed E-state index contributed by atoms with van der Waals surface area (Å²) in [5.74, 6) is 1.62. The highest BCUT2D eigenvalue weighted by Gasteiger charge is 2.25. The Kier molecular flexibility index (Phi) is 6.27. The number of aryl methyl sites for hydroxylation is 2. The zero-order valence-electron chi connectivity index (χ0n) is 25.2. The third-order valence-corrected chi connectivity index (χ3v) is 8.52. The molecule has 0 spiro atoms. The molecule has 0 amide bonds. The topological polar surface area (TPSA) is 31.0 Å². The highest BCUT2D eigenvalue weighted by Crippen LogP contribution is 2.42. The second kappa shape index (κ2) is 10.0. The van der Waals surface area contributed by atoms with Crippen LogP contribution in [0.4, 0.5) is 0 Å². The van der Waals surface area contributed by atoms with Gasteiger partial charge in [-0.25, -0.2) is 4.98 Å². The number of hydrogen-bond acceptors (Lipinski definition) is 2. The van der Waals surface area contributed by atoms with Gasteiger partial charge in [-0.15, -0.1) is 0 Å². The number of nitrogens with zero attached hydrogens (tertiary/aromatic N) is 2. The summed E-state index contributed by atoms with van der Waals surface area (Å²) in [5, 5.41) is 2.28. The van der Waals surface area contributed by atoms with Gasteiger partial charge in [0.25, 0.3) is 0 Å². The Labute approximate surface area is 247 Å². The number of aromatic nitrogens is 2. The van der Waals surface area contributed by atoms with Gasteiger partial charge in [-0.3, -0.25) is 4.57 Å². The Bertz CT molecular complexity index is 2080. The molecule has 0 saturated carbocycles. The fraction of sp³-hybridized carbons (Fsp3) is 0.205. The van der Waals surface area contributed by atoms with E-state index in [-0.39, 0.29) is 0 Å². The van der Waals surface area contributed by atoms with Gasteiger partial charge >= 0.3 is 0 Å². The Morgan fingerprint density at radius 2 is 1.38 bits per heavy atom. The standard InChI is InChI=1S/C39H36N2O/c1-23(2)31-20-25(5)21-32(24(3)4)37(31)41-34-15-11-10-14-33(34)40-39(41)30-18-16-26(6)36-29-19-17-28(22-35(29)42-38(30)36)27-12-8-7-9-13-27/h7-24H,1-6H3. The van der Waals surface area contributed by atoms with Crippen LogP contribution in [0.25, 0.3) is 61.2 Å². The molecule has 0 unspecified atom stereocenters. The van der Waals surface area contributed by atoms with Crippen molar-refractivity contribution in [1.29, 1.82) is 0 Å². The molecule has 3 nitrogen and oxygen atoms in total. The van der Waals surface area contributed by atoms with Gasteiger partial charge in [0.15, 0.2) is 0 Å². The summed E-state index contributed by atoms with van der Waals surface area (Å²) in [6.45, 7) is 13.5. The van der Waals surface area contributed by atoms with Gasteiger partial charge in [-0.05, 0) is 83.8 Å². The van der Waals surface area contributed by atoms with Gasteiger partial charge < -0.3 is 4.42 Å². The van der Waals surface area contributed by atoms with Crippen molar-refractivity contribution in [3.8, 4) is 28.2 Å². The van der Waals surface area contributed by atoms with E-state index in [1.165, 1.54) is 33.5 Å². The maximum atomic E-state index is 6.79. The van der Waals surface area contributed by atoms with Crippen molar-refractivity contribution in [3.05, 3.63) is 119 Å². The zero-order valence-corrected chi connectivity index (χ0v) is 25.2. The average Bonchev–Trinajstić information content (AvgIpc) is 3.56. The maximum Gasteiger partial charge on any atom is 0.149 e. The van der Waals surface area contributed by atoms with Gasteiger partial charge in [0, 0.05) is 10.8 Å². The van der Waals surface area contributed by atoms with E-state index in [2.05, 4.69) is 137 Å². The van der Waals surface area contributed by atoms with E-state index >= 15 is 0 Å². The normalized spacial score (nSPS) is 12.0. The molecule has 5 aromatic carbocycles. The summed E-state index contributed by atoms with van der Waals surface area (Å²) in [7, 11) is 0. The second-order valence-electron chi connectivity index (χ2n) is 12.2. The van der Waals surface area contributed by atoms with Crippen molar-refractivity contribution in [2.75, 3.05) is 0 Å². The lowest BCUT2D eigenvalue weighted by Crippen LogP contribution is -2.09. The Morgan fingerprint density at radius 1 is 0.690 bits per heavy atom. The van der Waals surface area contributed by atoms with Gasteiger partial charge in [-0.1, -0.05) is 100.0 Å². The average molecular weight is 549 g/mol. The molecular formula is C39H36N2O. The summed E-state index contributed by atoms with van der Waals surface area (Å²) < 4.78 is 9.18. The Morgan fingerprint density at radius 3 is 2.10 bits per heavy atom. The lowest BCUT2D eigenvalue weighted by atomic mass is 9.90. The molecule has 0 fully saturated rings. The van der Waals surface area contributed by atoms with E-state index in [0.717, 1.165) is 49.9 Å². The van der Waals surface area contributed by atoms with Crippen LogP contribution in [0.1, 0.15) is 61.8 Å². The summed E-state index contributed by atoms with van der Waals surface area (Å²) in [6.07, 6.45) is 0. The Balaban J connectivity index is 1.57. The molecule has 0 N–H and O–H groups in total. The molecule has 7 rings (SSSR count). The lowest BCUT2D eigenvalue weighted by molar-refractivity contribution is 0.669. The van der Waals surface area contributed by atoms with E-state index in [9.17, 15) is 0 Å². The van der Waals surface area contributed by atoms with Crippen molar-refractivity contribution < 1.29 is 4.42 Å². The smallest absolute Gasteiger partial charge is 0.149 e. The molecule has 0 aliphatic heterocycles. The minimum Gasteiger partial charge on any atom is -0.455 e. The molecule has 0 bridgehead atoms. The van der Waals surface area contributed by atoms with Crippen molar-refractivity contribution in [2.24, 2.45) is 0 Å². The van der Waals surface area contributed by atoms with E-state index in [1.54, 1.807) is 0 Å². The van der Waals surface area contributed by atoms with Crippen LogP contribution in [0.2, 0.25) is 0 Å². The molecule has 0 radical (unpaired) electrons.